The van der Waals surface area contributed by atoms with E-state index in [1.165, 1.54) is 42.5 Å². The lowest BCUT2D eigenvalue weighted by Crippen LogP contribution is -2.06. The average molecular weight is 355 g/mol. The maximum Gasteiger partial charge on any atom is 0.296 e. The third kappa shape index (κ3) is 2.84. The first kappa shape index (κ1) is 16.7. The van der Waals surface area contributed by atoms with Crippen LogP contribution in [0.4, 0.5) is 22.7 Å². The van der Waals surface area contributed by atoms with E-state index >= 15 is 0 Å². The predicted octanol–water partition coefficient (Wildman–Crippen LogP) is 3.47. The number of nitro benzene ring substituents is 2. The molecule has 0 bridgehead atoms. The molecule has 2 aromatic carbocycles. The molecule has 11 heteroatoms. The number of pyridine rings is 1. The second-order valence-electron chi connectivity index (χ2n) is 5.05. The van der Waals surface area contributed by atoms with E-state index in [1.54, 1.807) is 0 Å². The highest BCUT2D eigenvalue weighted by molar-refractivity contribution is 5.94. The van der Waals surface area contributed by atoms with Gasteiger partial charge < -0.3 is 10.1 Å². The number of hydrogen-bond acceptors (Lipinski definition) is 8. The van der Waals surface area contributed by atoms with E-state index in [0.29, 0.717) is 0 Å². The fourth-order valence-corrected chi connectivity index (χ4v) is 2.33. The van der Waals surface area contributed by atoms with Crippen molar-refractivity contribution >= 4 is 33.7 Å². The molecule has 0 saturated heterocycles. The molecule has 0 saturated carbocycles. The van der Waals surface area contributed by atoms with Crippen LogP contribution in [-0.2, 0) is 0 Å². The molecule has 1 heterocycles. The van der Waals surface area contributed by atoms with Crippen molar-refractivity contribution in [3.63, 3.8) is 0 Å². The molecule has 1 aromatic heterocycles. The molecule has 0 atom stereocenters. The van der Waals surface area contributed by atoms with Crippen molar-refractivity contribution in [2.75, 3.05) is 0 Å². The van der Waals surface area contributed by atoms with Gasteiger partial charge in [0.25, 0.3) is 16.9 Å². The molecule has 0 aliphatic carbocycles. The molecular weight excluding hydrogens is 346 g/mol. The molecule has 3 rings (SSSR count). The van der Waals surface area contributed by atoms with E-state index in [4.69, 9.17) is 0 Å². The van der Waals surface area contributed by atoms with Crippen LogP contribution in [0, 0.1) is 20.2 Å². The largest absolute Gasteiger partial charge is 0.505 e. The Balaban J connectivity index is 2.17. The van der Waals surface area contributed by atoms with Crippen molar-refractivity contribution in [2.45, 2.75) is 0 Å². The lowest BCUT2D eigenvalue weighted by atomic mass is 10.1. The third-order valence-corrected chi connectivity index (χ3v) is 3.51. The van der Waals surface area contributed by atoms with E-state index in [0.717, 1.165) is 0 Å². The van der Waals surface area contributed by atoms with Gasteiger partial charge in [-0.3, -0.25) is 25.0 Å². The minimum atomic E-state index is -0.924. The second-order valence-corrected chi connectivity index (χ2v) is 5.05. The Bertz CT molecular complexity index is 1140. The molecule has 0 unspecified atom stereocenters. The van der Waals surface area contributed by atoms with Crippen LogP contribution in [-0.4, -0.2) is 19.9 Å². The number of azo groups is 1. The number of para-hydroxylation sites is 2. The number of fused-ring (bicyclic) bond motifs is 1. The zero-order valence-corrected chi connectivity index (χ0v) is 12.8. The summed E-state index contributed by atoms with van der Waals surface area (Å²) < 4.78 is 0. The maximum atomic E-state index is 12.1. The Morgan fingerprint density at radius 2 is 1.58 bits per heavy atom. The number of nitrogens with zero attached hydrogens (tertiary/aromatic N) is 4. The lowest BCUT2D eigenvalue weighted by Gasteiger charge is -2.04. The van der Waals surface area contributed by atoms with Gasteiger partial charge in [0, 0.05) is 17.5 Å². The van der Waals surface area contributed by atoms with Crippen molar-refractivity contribution in [1.82, 2.24) is 4.98 Å². The highest BCUT2D eigenvalue weighted by Crippen LogP contribution is 2.35. The minimum Gasteiger partial charge on any atom is -0.505 e. The summed E-state index contributed by atoms with van der Waals surface area (Å²) in [6.45, 7) is 0. The van der Waals surface area contributed by atoms with Gasteiger partial charge in [-0.1, -0.05) is 18.2 Å². The van der Waals surface area contributed by atoms with Crippen LogP contribution in [0.5, 0.6) is 5.75 Å². The van der Waals surface area contributed by atoms with Crippen molar-refractivity contribution in [3.05, 3.63) is 73.0 Å². The van der Waals surface area contributed by atoms with Crippen LogP contribution in [0.25, 0.3) is 10.9 Å². The Morgan fingerprint density at radius 3 is 2.27 bits per heavy atom. The quantitative estimate of drug-likeness (QED) is 0.413. The van der Waals surface area contributed by atoms with E-state index in [9.17, 15) is 30.1 Å². The zero-order valence-electron chi connectivity index (χ0n) is 12.8. The van der Waals surface area contributed by atoms with Gasteiger partial charge in [-0.05, 0) is 12.1 Å². The summed E-state index contributed by atoms with van der Waals surface area (Å²) >= 11 is 0. The van der Waals surface area contributed by atoms with Crippen LogP contribution in [0.3, 0.4) is 0 Å². The van der Waals surface area contributed by atoms with Gasteiger partial charge in [-0.25, -0.2) is 0 Å². The van der Waals surface area contributed by atoms with Gasteiger partial charge in [0.1, 0.15) is 5.52 Å². The molecule has 130 valence electrons. The van der Waals surface area contributed by atoms with Crippen molar-refractivity contribution in [3.8, 4) is 5.75 Å². The summed E-state index contributed by atoms with van der Waals surface area (Å²) in [7, 11) is 0. The summed E-state index contributed by atoms with van der Waals surface area (Å²) in [6.07, 6.45) is 0. The second kappa shape index (κ2) is 6.39. The molecule has 26 heavy (non-hydrogen) atoms. The number of H-pyrrole nitrogens is 1. The van der Waals surface area contributed by atoms with Gasteiger partial charge in [0.2, 0.25) is 0 Å². The summed E-state index contributed by atoms with van der Waals surface area (Å²) in [6, 6.07) is 9.33. The number of nitro groups is 2. The van der Waals surface area contributed by atoms with Crippen LogP contribution in [0.2, 0.25) is 0 Å². The van der Waals surface area contributed by atoms with Gasteiger partial charge in [-0.2, -0.15) is 0 Å². The summed E-state index contributed by atoms with van der Waals surface area (Å²) in [4.78, 5) is 35.1. The standard InChI is InChI=1S/C15H9N5O6/c21-14-8-4-3-7-11(20(25)26)12(8)16-15(22)13(14)18-17-9-5-1-2-6-10(9)19(23)24/h1-7H,(H2,16,21,22). The molecule has 0 radical (unpaired) electrons. The van der Waals surface area contributed by atoms with Crippen LogP contribution in [0.1, 0.15) is 0 Å². The minimum absolute atomic E-state index is 0.00434. The summed E-state index contributed by atoms with van der Waals surface area (Å²) in [5.74, 6) is -0.616. The molecule has 0 amide bonds. The van der Waals surface area contributed by atoms with E-state index in [2.05, 4.69) is 15.2 Å². The summed E-state index contributed by atoms with van der Waals surface area (Å²) in [5, 5.41) is 39.5. The highest BCUT2D eigenvalue weighted by Gasteiger charge is 2.19. The first-order valence-corrected chi connectivity index (χ1v) is 7.07. The molecule has 2 N–H and O–H groups in total. The number of aromatic amines is 1. The van der Waals surface area contributed by atoms with Gasteiger partial charge in [-0.15, -0.1) is 10.2 Å². The average Bonchev–Trinajstić information content (AvgIpc) is 2.61. The van der Waals surface area contributed by atoms with Gasteiger partial charge >= 0.3 is 0 Å². The smallest absolute Gasteiger partial charge is 0.296 e. The fraction of sp³-hybridized carbons (Fsp3) is 0. The number of nitrogens with one attached hydrogen (secondary N) is 1. The summed E-state index contributed by atoms with van der Waals surface area (Å²) in [5.41, 5.74) is -2.44. The third-order valence-electron chi connectivity index (χ3n) is 3.51. The normalized spacial score (nSPS) is 11.1. The number of non-ortho nitro benzene ring substituents is 1. The lowest BCUT2D eigenvalue weighted by molar-refractivity contribution is -0.384. The fourth-order valence-electron chi connectivity index (χ4n) is 2.33. The molecule has 0 aliphatic heterocycles. The van der Waals surface area contributed by atoms with Crippen molar-refractivity contribution in [2.24, 2.45) is 10.2 Å². The topological polar surface area (TPSA) is 164 Å². The Hall–Kier alpha value is -4.15. The molecule has 0 fully saturated rings. The van der Waals surface area contributed by atoms with E-state index in [1.807, 2.05) is 0 Å². The zero-order chi connectivity index (χ0) is 18.8. The van der Waals surface area contributed by atoms with Gasteiger partial charge in [0.15, 0.2) is 17.1 Å². The molecule has 11 nitrogen and oxygen atoms in total. The van der Waals surface area contributed by atoms with Crippen molar-refractivity contribution < 1.29 is 15.0 Å². The maximum absolute atomic E-state index is 12.1. The van der Waals surface area contributed by atoms with E-state index < -0.39 is 32.5 Å². The Morgan fingerprint density at radius 1 is 0.923 bits per heavy atom. The number of aromatic hydroxyl groups is 1. The first-order chi connectivity index (χ1) is 12.4. The molecular formula is C15H9N5O6. The van der Waals surface area contributed by atoms with Crippen LogP contribution < -0.4 is 5.56 Å². The van der Waals surface area contributed by atoms with Crippen molar-refractivity contribution in [1.29, 1.82) is 0 Å². The monoisotopic (exact) mass is 355 g/mol. The number of aromatic nitrogens is 1. The number of rotatable bonds is 4. The van der Waals surface area contributed by atoms with Crippen LogP contribution >= 0.6 is 0 Å². The number of hydrogen-bond donors (Lipinski definition) is 2. The molecule has 3 aromatic rings. The molecule has 0 aliphatic rings. The van der Waals surface area contributed by atoms with E-state index in [-0.39, 0.29) is 22.3 Å². The van der Waals surface area contributed by atoms with Crippen LogP contribution in [0.15, 0.2) is 57.5 Å². The van der Waals surface area contributed by atoms with Gasteiger partial charge in [0.05, 0.1) is 9.85 Å². The Kier molecular flexibility index (Phi) is 4.11. The molecule has 0 spiro atoms. The predicted molar refractivity (Wildman–Crippen MR) is 90.2 cm³/mol. The first-order valence-electron chi connectivity index (χ1n) is 7.07. The SMILES string of the molecule is O=c1[nH]c2c([N+](=O)[O-])cccc2c(O)c1N=Nc1ccccc1[N+](=O)[O-]. The Labute approximate surface area is 143 Å². The number of benzene rings is 2. The highest BCUT2D eigenvalue weighted by atomic mass is 16.6.